The quantitative estimate of drug-likeness (QED) is 0.708. The second kappa shape index (κ2) is 6.54. The van der Waals surface area contributed by atoms with Crippen LogP contribution in [0.25, 0.3) is 0 Å². The topological polar surface area (TPSA) is 29.5 Å². The van der Waals surface area contributed by atoms with Crippen molar-refractivity contribution < 1.29 is 18.6 Å². The molecule has 0 saturated heterocycles. The van der Waals surface area contributed by atoms with E-state index in [2.05, 4.69) is 0 Å². The van der Waals surface area contributed by atoms with E-state index in [-0.39, 0.29) is 0 Å². The monoisotopic (exact) mass is 176 g/mol. The largest absolute Gasteiger partial charge is 0.497 e. The summed E-state index contributed by atoms with van der Waals surface area (Å²) in [6.45, 7) is -3.17. The molecular weight excluding hydrogens is 166 g/mol. The van der Waals surface area contributed by atoms with Gasteiger partial charge in [0.25, 0.3) is 0 Å². The lowest BCUT2D eigenvalue weighted by atomic mass is 10.3. The molecule has 0 atom stereocenters. The highest BCUT2D eigenvalue weighted by atomic mass is 19.3. The minimum absolute atomic E-state index is 0.910. The van der Waals surface area contributed by atoms with E-state index >= 15 is 0 Å². The Morgan fingerprint density at radius 1 is 1.25 bits per heavy atom. The minimum Gasteiger partial charge on any atom is -0.497 e. The van der Waals surface area contributed by atoms with Crippen LogP contribution in [-0.4, -0.2) is 18.8 Å². The normalized spacial score (nSPS) is 8.75. The van der Waals surface area contributed by atoms with Crippen LogP contribution in [0.5, 0.6) is 5.75 Å². The number of aliphatic hydroxyl groups excluding tert-OH is 1. The molecule has 0 amide bonds. The zero-order chi connectivity index (χ0) is 9.40. The molecule has 0 unspecified atom stereocenters. The van der Waals surface area contributed by atoms with Gasteiger partial charge in [0.05, 0.1) is 7.11 Å². The van der Waals surface area contributed by atoms with E-state index in [1.54, 1.807) is 7.11 Å². The lowest BCUT2D eigenvalue weighted by Gasteiger charge is -1.93. The Labute approximate surface area is 69.4 Å². The van der Waals surface area contributed by atoms with Gasteiger partial charge in [-0.25, -0.2) is 0 Å². The van der Waals surface area contributed by atoms with Crippen LogP contribution >= 0.6 is 0 Å². The van der Waals surface area contributed by atoms with Gasteiger partial charge in [-0.3, -0.25) is 0 Å². The molecule has 0 aromatic heterocycles. The van der Waals surface area contributed by atoms with E-state index in [4.69, 9.17) is 9.84 Å². The fraction of sp³-hybridized carbons (Fsp3) is 0.250. The fourth-order valence-corrected chi connectivity index (χ4v) is 0.557. The van der Waals surface area contributed by atoms with Crippen LogP contribution in [-0.2, 0) is 0 Å². The molecule has 0 bridgehead atoms. The van der Waals surface area contributed by atoms with E-state index in [1.807, 2.05) is 30.3 Å². The van der Waals surface area contributed by atoms with Gasteiger partial charge in [0.2, 0.25) is 0 Å². The zero-order valence-corrected chi connectivity index (χ0v) is 6.58. The van der Waals surface area contributed by atoms with E-state index in [1.165, 1.54) is 0 Å². The van der Waals surface area contributed by atoms with Gasteiger partial charge in [0, 0.05) is 0 Å². The Kier molecular flexibility index (Phi) is 5.91. The van der Waals surface area contributed by atoms with E-state index < -0.39 is 6.61 Å². The van der Waals surface area contributed by atoms with Crippen molar-refractivity contribution in [2.45, 2.75) is 6.61 Å². The lowest BCUT2D eigenvalue weighted by Crippen LogP contribution is -1.78. The van der Waals surface area contributed by atoms with Gasteiger partial charge in [-0.2, -0.15) is 8.78 Å². The molecule has 68 valence electrons. The smallest absolute Gasteiger partial charge is 0.342 e. The molecule has 0 aliphatic rings. The number of halogens is 2. The van der Waals surface area contributed by atoms with E-state index in [0.717, 1.165) is 5.75 Å². The fourth-order valence-electron chi connectivity index (χ4n) is 0.557. The number of para-hydroxylation sites is 1. The van der Waals surface area contributed by atoms with Crippen molar-refractivity contribution in [1.29, 1.82) is 0 Å². The summed E-state index contributed by atoms with van der Waals surface area (Å²) in [5.41, 5.74) is 0. The van der Waals surface area contributed by atoms with Gasteiger partial charge in [-0.15, -0.1) is 0 Å². The molecule has 1 rings (SSSR count). The number of benzene rings is 1. The predicted octanol–water partition coefficient (Wildman–Crippen LogP) is 1.90. The maximum Gasteiger partial charge on any atom is 0.342 e. The van der Waals surface area contributed by atoms with Gasteiger partial charge in [-0.1, -0.05) is 18.2 Å². The van der Waals surface area contributed by atoms with Gasteiger partial charge < -0.3 is 9.84 Å². The highest BCUT2D eigenvalue weighted by molar-refractivity contribution is 5.20. The standard InChI is InChI=1S/C7H8O.CH2F2O/c1-8-7-5-3-2-4-6-7;2-1(3)4/h2-6H,1H3;1,4H. The van der Waals surface area contributed by atoms with Crippen molar-refractivity contribution in [2.75, 3.05) is 7.11 Å². The molecule has 1 aromatic carbocycles. The van der Waals surface area contributed by atoms with Crippen LogP contribution in [0.15, 0.2) is 30.3 Å². The van der Waals surface area contributed by atoms with Crippen LogP contribution < -0.4 is 4.74 Å². The zero-order valence-electron chi connectivity index (χ0n) is 6.58. The molecule has 0 saturated carbocycles. The Bertz CT molecular complexity index is 187. The number of aliphatic hydroxyl groups is 1. The molecular formula is C8H10F2O2. The maximum atomic E-state index is 9.89. The first-order chi connectivity index (χ1) is 5.66. The molecule has 2 nitrogen and oxygen atoms in total. The number of ether oxygens (including phenoxy) is 1. The highest BCUT2D eigenvalue weighted by Gasteiger charge is 1.81. The molecule has 1 N–H and O–H groups in total. The molecule has 0 spiro atoms. The third kappa shape index (κ3) is 6.95. The second-order valence-electron chi connectivity index (χ2n) is 1.79. The summed E-state index contributed by atoms with van der Waals surface area (Å²) in [6.07, 6.45) is 0. The van der Waals surface area contributed by atoms with E-state index in [0.29, 0.717) is 0 Å². The van der Waals surface area contributed by atoms with Gasteiger partial charge >= 0.3 is 6.61 Å². The van der Waals surface area contributed by atoms with Gasteiger partial charge in [0.15, 0.2) is 0 Å². The number of hydrogen-bond donors (Lipinski definition) is 1. The van der Waals surface area contributed by atoms with Crippen molar-refractivity contribution in [3.05, 3.63) is 30.3 Å². The third-order valence-electron chi connectivity index (χ3n) is 0.979. The van der Waals surface area contributed by atoms with E-state index in [9.17, 15) is 8.78 Å². The SMILES string of the molecule is COc1ccccc1.OC(F)F. The van der Waals surface area contributed by atoms with Gasteiger partial charge in [-0.05, 0) is 12.1 Å². The van der Waals surface area contributed by atoms with Crippen molar-refractivity contribution in [2.24, 2.45) is 0 Å². The summed E-state index contributed by atoms with van der Waals surface area (Å²) in [7, 11) is 1.66. The van der Waals surface area contributed by atoms with Crippen LogP contribution in [0.1, 0.15) is 0 Å². The molecule has 0 radical (unpaired) electrons. The summed E-state index contributed by atoms with van der Waals surface area (Å²) in [6, 6.07) is 9.68. The lowest BCUT2D eigenvalue weighted by molar-refractivity contribution is -0.0728. The maximum absolute atomic E-state index is 9.89. The highest BCUT2D eigenvalue weighted by Crippen LogP contribution is 2.05. The number of rotatable bonds is 1. The summed E-state index contributed by atoms with van der Waals surface area (Å²) in [4.78, 5) is 0. The third-order valence-corrected chi connectivity index (χ3v) is 0.979. The Balaban J connectivity index is 0.000000261. The van der Waals surface area contributed by atoms with Crippen molar-refractivity contribution in [1.82, 2.24) is 0 Å². The van der Waals surface area contributed by atoms with Crippen LogP contribution in [0, 0.1) is 0 Å². The molecule has 12 heavy (non-hydrogen) atoms. The summed E-state index contributed by atoms with van der Waals surface area (Å²) in [5.74, 6) is 0.910. The molecule has 0 heterocycles. The average molecular weight is 176 g/mol. The Morgan fingerprint density at radius 2 is 1.67 bits per heavy atom. The predicted molar refractivity (Wildman–Crippen MR) is 41.2 cm³/mol. The van der Waals surface area contributed by atoms with Crippen LogP contribution in [0.3, 0.4) is 0 Å². The average Bonchev–Trinajstić information content (AvgIpc) is 2.05. The summed E-state index contributed by atoms with van der Waals surface area (Å²) in [5, 5.41) is 6.72. The van der Waals surface area contributed by atoms with Crippen LogP contribution in [0.4, 0.5) is 8.78 Å². The van der Waals surface area contributed by atoms with Crippen LogP contribution in [0.2, 0.25) is 0 Å². The first kappa shape index (κ1) is 10.8. The number of hydrogen-bond acceptors (Lipinski definition) is 2. The molecule has 0 aliphatic heterocycles. The van der Waals surface area contributed by atoms with Gasteiger partial charge in [0.1, 0.15) is 5.75 Å². The molecule has 0 aliphatic carbocycles. The van der Waals surface area contributed by atoms with Crippen molar-refractivity contribution in [3.8, 4) is 5.75 Å². The summed E-state index contributed by atoms with van der Waals surface area (Å²) >= 11 is 0. The van der Waals surface area contributed by atoms with Crippen molar-refractivity contribution >= 4 is 0 Å². The number of methoxy groups -OCH3 is 1. The Morgan fingerprint density at radius 3 is 1.92 bits per heavy atom. The minimum atomic E-state index is -3.17. The first-order valence-electron chi connectivity index (χ1n) is 3.22. The first-order valence-corrected chi connectivity index (χ1v) is 3.22. The number of alkyl halides is 2. The molecule has 4 heteroatoms. The molecule has 1 aromatic rings. The summed E-state index contributed by atoms with van der Waals surface area (Å²) < 4.78 is 24.7. The molecule has 0 fully saturated rings. The van der Waals surface area contributed by atoms with Crippen molar-refractivity contribution in [3.63, 3.8) is 0 Å². The Hall–Kier alpha value is -1.16. The second-order valence-corrected chi connectivity index (χ2v) is 1.79.